The summed E-state index contributed by atoms with van der Waals surface area (Å²) in [4.78, 5) is 4.23. The number of aryl methyl sites for hydroxylation is 1. The second kappa shape index (κ2) is 7.11. The van der Waals surface area contributed by atoms with Crippen molar-refractivity contribution in [3.63, 3.8) is 0 Å². The number of hydrogen-bond acceptors (Lipinski definition) is 2. The fourth-order valence-corrected chi connectivity index (χ4v) is 2.59. The molecule has 0 bridgehead atoms. The van der Waals surface area contributed by atoms with Crippen molar-refractivity contribution in [1.82, 2.24) is 14.9 Å². The van der Waals surface area contributed by atoms with Crippen LogP contribution in [0.3, 0.4) is 0 Å². The quantitative estimate of drug-likeness (QED) is 0.876. The Hall–Kier alpha value is -1.03. The van der Waals surface area contributed by atoms with E-state index in [1.807, 2.05) is 31.5 Å². The van der Waals surface area contributed by atoms with Crippen LogP contribution in [0.2, 0.25) is 10.0 Å². The Labute approximate surface area is 129 Å². The lowest BCUT2D eigenvalue weighted by molar-refractivity contribution is 0.440. The molecule has 0 amide bonds. The largest absolute Gasteiger partial charge is 0.335 e. The van der Waals surface area contributed by atoms with Crippen LogP contribution in [-0.4, -0.2) is 16.1 Å². The summed E-state index contributed by atoms with van der Waals surface area (Å²) < 4.78 is 2.17. The molecule has 0 aliphatic heterocycles. The molecule has 0 radical (unpaired) electrons. The molecule has 0 spiro atoms. The van der Waals surface area contributed by atoms with Gasteiger partial charge in [0.1, 0.15) is 5.82 Å². The highest BCUT2D eigenvalue weighted by Crippen LogP contribution is 2.20. The third-order valence-corrected chi connectivity index (χ3v) is 3.84. The zero-order valence-electron chi connectivity index (χ0n) is 11.7. The predicted molar refractivity (Wildman–Crippen MR) is 84.3 cm³/mol. The molecule has 1 N–H and O–H groups in total. The van der Waals surface area contributed by atoms with Crippen LogP contribution in [0.5, 0.6) is 0 Å². The summed E-state index contributed by atoms with van der Waals surface area (Å²) in [6.07, 6.45) is 3.85. The van der Waals surface area contributed by atoms with Crippen LogP contribution in [0.25, 0.3) is 0 Å². The van der Waals surface area contributed by atoms with Gasteiger partial charge in [0.05, 0.1) is 0 Å². The molecule has 108 valence electrons. The first-order valence-corrected chi connectivity index (χ1v) is 7.44. The van der Waals surface area contributed by atoms with Crippen LogP contribution in [0, 0.1) is 12.8 Å². The minimum atomic E-state index is 0.522. The molecule has 1 aromatic carbocycles. The molecule has 0 aliphatic carbocycles. The van der Waals surface area contributed by atoms with Crippen LogP contribution < -0.4 is 5.32 Å². The average Bonchev–Trinajstić information content (AvgIpc) is 2.78. The van der Waals surface area contributed by atoms with Crippen molar-refractivity contribution in [3.05, 3.63) is 52.0 Å². The van der Waals surface area contributed by atoms with E-state index in [0.717, 1.165) is 31.0 Å². The Morgan fingerprint density at radius 3 is 2.80 bits per heavy atom. The lowest BCUT2D eigenvalue weighted by Gasteiger charge is -2.15. The molecule has 20 heavy (non-hydrogen) atoms. The highest BCUT2D eigenvalue weighted by molar-refractivity contribution is 6.35. The van der Waals surface area contributed by atoms with Gasteiger partial charge >= 0.3 is 0 Å². The summed E-state index contributed by atoms with van der Waals surface area (Å²) >= 11 is 12.0. The molecule has 0 saturated heterocycles. The van der Waals surface area contributed by atoms with Crippen molar-refractivity contribution < 1.29 is 0 Å². The van der Waals surface area contributed by atoms with Gasteiger partial charge in [-0.25, -0.2) is 4.98 Å². The molecule has 0 fully saturated rings. The van der Waals surface area contributed by atoms with Crippen LogP contribution in [0.15, 0.2) is 30.6 Å². The maximum absolute atomic E-state index is 6.14. The third kappa shape index (κ3) is 4.23. The fourth-order valence-electron chi connectivity index (χ4n) is 2.12. The van der Waals surface area contributed by atoms with E-state index in [9.17, 15) is 0 Å². The number of benzene rings is 1. The van der Waals surface area contributed by atoms with Crippen LogP contribution in [-0.2, 0) is 13.1 Å². The van der Waals surface area contributed by atoms with Gasteiger partial charge in [-0.2, -0.15) is 0 Å². The SMILES string of the molecule is Cc1nccn1CC(C)CNCc1ccc(Cl)cc1Cl. The standard InChI is InChI=1S/C15H19Cl2N3/c1-11(10-20-6-5-19-12(20)2)8-18-9-13-3-4-14(16)7-15(13)17/h3-7,11,18H,8-10H2,1-2H3. The highest BCUT2D eigenvalue weighted by Gasteiger charge is 2.06. The summed E-state index contributed by atoms with van der Waals surface area (Å²) in [6.45, 7) is 6.89. The van der Waals surface area contributed by atoms with Gasteiger partial charge in [0.2, 0.25) is 0 Å². The molecule has 1 atom stereocenters. The van der Waals surface area contributed by atoms with Gasteiger partial charge in [0, 0.05) is 35.5 Å². The van der Waals surface area contributed by atoms with E-state index in [-0.39, 0.29) is 0 Å². The lowest BCUT2D eigenvalue weighted by Crippen LogP contribution is -2.24. The van der Waals surface area contributed by atoms with E-state index in [1.54, 1.807) is 6.07 Å². The smallest absolute Gasteiger partial charge is 0.105 e. The van der Waals surface area contributed by atoms with Gasteiger partial charge in [0.25, 0.3) is 0 Å². The van der Waals surface area contributed by atoms with Crippen molar-refractivity contribution >= 4 is 23.2 Å². The van der Waals surface area contributed by atoms with E-state index < -0.39 is 0 Å². The Kier molecular flexibility index (Phi) is 5.46. The number of hydrogen-bond donors (Lipinski definition) is 1. The van der Waals surface area contributed by atoms with E-state index in [4.69, 9.17) is 23.2 Å². The molecular weight excluding hydrogens is 293 g/mol. The van der Waals surface area contributed by atoms with Crippen molar-refractivity contribution in [2.75, 3.05) is 6.54 Å². The lowest BCUT2D eigenvalue weighted by atomic mass is 10.1. The van der Waals surface area contributed by atoms with Gasteiger partial charge in [-0.3, -0.25) is 0 Å². The maximum atomic E-state index is 6.14. The number of imidazole rings is 1. The fraction of sp³-hybridized carbons (Fsp3) is 0.400. The highest BCUT2D eigenvalue weighted by atomic mass is 35.5. The van der Waals surface area contributed by atoms with E-state index in [0.29, 0.717) is 16.0 Å². The topological polar surface area (TPSA) is 29.9 Å². The van der Waals surface area contributed by atoms with E-state index in [2.05, 4.69) is 21.8 Å². The first-order valence-electron chi connectivity index (χ1n) is 6.68. The predicted octanol–water partition coefficient (Wildman–Crippen LogP) is 3.92. The van der Waals surface area contributed by atoms with Gasteiger partial charge in [0.15, 0.2) is 0 Å². The summed E-state index contributed by atoms with van der Waals surface area (Å²) in [5.41, 5.74) is 1.07. The van der Waals surface area contributed by atoms with E-state index >= 15 is 0 Å². The summed E-state index contributed by atoms with van der Waals surface area (Å²) in [6, 6.07) is 5.60. The van der Waals surface area contributed by atoms with Gasteiger partial charge in [-0.1, -0.05) is 36.2 Å². The van der Waals surface area contributed by atoms with Gasteiger partial charge < -0.3 is 9.88 Å². The minimum absolute atomic E-state index is 0.522. The van der Waals surface area contributed by atoms with Crippen molar-refractivity contribution in [3.8, 4) is 0 Å². The van der Waals surface area contributed by atoms with Crippen LogP contribution in [0.1, 0.15) is 18.3 Å². The van der Waals surface area contributed by atoms with Crippen molar-refractivity contribution in [2.24, 2.45) is 5.92 Å². The van der Waals surface area contributed by atoms with Gasteiger partial charge in [-0.05, 0) is 37.1 Å². The molecule has 2 rings (SSSR count). The van der Waals surface area contributed by atoms with E-state index in [1.165, 1.54) is 0 Å². The Morgan fingerprint density at radius 2 is 2.15 bits per heavy atom. The molecule has 1 aromatic heterocycles. The van der Waals surface area contributed by atoms with Crippen molar-refractivity contribution in [1.29, 1.82) is 0 Å². The Balaban J connectivity index is 1.79. The minimum Gasteiger partial charge on any atom is -0.335 e. The second-order valence-corrected chi connectivity index (χ2v) is 5.94. The number of rotatable bonds is 6. The summed E-state index contributed by atoms with van der Waals surface area (Å²) in [7, 11) is 0. The van der Waals surface area contributed by atoms with Crippen LogP contribution in [0.4, 0.5) is 0 Å². The number of nitrogens with one attached hydrogen (secondary N) is 1. The number of aromatic nitrogens is 2. The first-order chi connectivity index (χ1) is 9.56. The van der Waals surface area contributed by atoms with Crippen LogP contribution >= 0.6 is 23.2 Å². The molecular formula is C15H19Cl2N3. The van der Waals surface area contributed by atoms with Crippen molar-refractivity contribution in [2.45, 2.75) is 26.9 Å². The molecule has 0 aliphatic rings. The molecule has 1 unspecified atom stereocenters. The Bertz CT molecular complexity index is 566. The summed E-state index contributed by atoms with van der Waals surface area (Å²) in [5.74, 6) is 1.58. The zero-order chi connectivity index (χ0) is 14.5. The normalized spacial score (nSPS) is 12.6. The monoisotopic (exact) mass is 311 g/mol. The molecule has 5 heteroatoms. The first kappa shape index (κ1) is 15.4. The molecule has 1 heterocycles. The second-order valence-electron chi connectivity index (χ2n) is 5.10. The molecule has 3 nitrogen and oxygen atoms in total. The number of halogens is 2. The molecule has 2 aromatic rings. The number of nitrogens with zero attached hydrogens (tertiary/aromatic N) is 2. The molecule has 0 saturated carbocycles. The third-order valence-electron chi connectivity index (χ3n) is 3.26. The summed E-state index contributed by atoms with van der Waals surface area (Å²) in [5, 5.41) is 4.81. The maximum Gasteiger partial charge on any atom is 0.105 e. The Morgan fingerprint density at radius 1 is 1.35 bits per heavy atom. The van der Waals surface area contributed by atoms with Gasteiger partial charge in [-0.15, -0.1) is 0 Å². The average molecular weight is 312 g/mol. The zero-order valence-corrected chi connectivity index (χ0v) is 13.2.